The van der Waals surface area contributed by atoms with E-state index in [2.05, 4.69) is 12.0 Å². The first-order valence-corrected chi connectivity index (χ1v) is 6.00. The van der Waals surface area contributed by atoms with Gasteiger partial charge in [-0.15, -0.1) is 0 Å². The van der Waals surface area contributed by atoms with Gasteiger partial charge in [0.15, 0.2) is 11.5 Å². The molecule has 2 aromatic rings. The highest BCUT2D eigenvalue weighted by atomic mass is 16.5. The number of Topliss-reactive ketones (excluding diaryl/α,β-unsaturated/α-hetero) is 1. The average molecular weight is 244 g/mol. The monoisotopic (exact) mass is 244 g/mol. The fourth-order valence-electron chi connectivity index (χ4n) is 1.64. The van der Waals surface area contributed by atoms with Crippen LogP contribution in [0.25, 0.3) is 0 Å². The van der Waals surface area contributed by atoms with Gasteiger partial charge in [0, 0.05) is 12.1 Å². The summed E-state index contributed by atoms with van der Waals surface area (Å²) in [6, 6.07) is 7.09. The Morgan fingerprint density at radius 3 is 2.61 bits per heavy atom. The second-order valence-corrected chi connectivity index (χ2v) is 4.12. The summed E-state index contributed by atoms with van der Waals surface area (Å²) >= 11 is 0. The zero-order valence-electron chi connectivity index (χ0n) is 10.6. The van der Waals surface area contributed by atoms with E-state index in [0.717, 1.165) is 13.0 Å². The Balaban J connectivity index is 2.06. The number of ketones is 1. The van der Waals surface area contributed by atoms with Crippen molar-refractivity contribution >= 4 is 5.78 Å². The smallest absolute Gasteiger partial charge is 0.165 e. The molecule has 18 heavy (non-hydrogen) atoms. The minimum atomic E-state index is 0.0531. The van der Waals surface area contributed by atoms with Crippen LogP contribution in [0.1, 0.15) is 30.6 Å². The normalized spacial score (nSPS) is 10.3. The number of benzene rings is 1. The molecule has 0 unspecified atom stereocenters. The Morgan fingerprint density at radius 2 is 2.00 bits per heavy atom. The largest absolute Gasteiger partial charge is 0.454 e. The van der Waals surface area contributed by atoms with E-state index < -0.39 is 0 Å². The van der Waals surface area contributed by atoms with E-state index in [1.165, 1.54) is 0 Å². The molecular formula is C14H16N2O2. The maximum Gasteiger partial charge on any atom is 0.165 e. The summed E-state index contributed by atoms with van der Waals surface area (Å²) in [5.41, 5.74) is 0.684. The van der Waals surface area contributed by atoms with Crippen molar-refractivity contribution in [2.24, 2.45) is 0 Å². The van der Waals surface area contributed by atoms with Crippen LogP contribution < -0.4 is 4.74 Å². The molecule has 4 heteroatoms. The number of hydrogen-bond acceptors (Lipinski definition) is 3. The molecule has 0 saturated carbocycles. The van der Waals surface area contributed by atoms with Crippen molar-refractivity contribution < 1.29 is 9.53 Å². The van der Waals surface area contributed by atoms with Gasteiger partial charge in [-0.1, -0.05) is 6.92 Å². The van der Waals surface area contributed by atoms with Gasteiger partial charge in [-0.05, 0) is 37.6 Å². The van der Waals surface area contributed by atoms with Crippen molar-refractivity contribution in [1.82, 2.24) is 9.78 Å². The van der Waals surface area contributed by atoms with E-state index in [-0.39, 0.29) is 5.78 Å². The van der Waals surface area contributed by atoms with E-state index >= 15 is 0 Å². The van der Waals surface area contributed by atoms with Crippen LogP contribution in [0.4, 0.5) is 0 Å². The summed E-state index contributed by atoms with van der Waals surface area (Å²) in [6.45, 7) is 4.53. The van der Waals surface area contributed by atoms with E-state index in [9.17, 15) is 4.79 Å². The molecule has 1 heterocycles. The molecule has 0 N–H and O–H groups in total. The van der Waals surface area contributed by atoms with Gasteiger partial charge in [0.1, 0.15) is 5.75 Å². The summed E-state index contributed by atoms with van der Waals surface area (Å²) < 4.78 is 7.49. The minimum Gasteiger partial charge on any atom is -0.454 e. The van der Waals surface area contributed by atoms with Crippen LogP contribution in [0.15, 0.2) is 36.7 Å². The third kappa shape index (κ3) is 2.97. The summed E-state index contributed by atoms with van der Waals surface area (Å²) in [5.74, 6) is 1.47. The third-order valence-electron chi connectivity index (χ3n) is 2.56. The van der Waals surface area contributed by atoms with Crippen LogP contribution in [-0.4, -0.2) is 15.6 Å². The van der Waals surface area contributed by atoms with Crippen LogP contribution in [0.2, 0.25) is 0 Å². The summed E-state index contributed by atoms with van der Waals surface area (Å²) in [7, 11) is 0. The molecule has 4 nitrogen and oxygen atoms in total. The van der Waals surface area contributed by atoms with Crippen molar-refractivity contribution in [2.75, 3.05) is 0 Å². The lowest BCUT2D eigenvalue weighted by molar-refractivity contribution is 0.101. The van der Waals surface area contributed by atoms with E-state index in [4.69, 9.17) is 4.74 Å². The van der Waals surface area contributed by atoms with Gasteiger partial charge in [-0.3, -0.25) is 9.48 Å². The fraction of sp³-hybridized carbons (Fsp3) is 0.286. The predicted octanol–water partition coefficient (Wildman–Crippen LogP) is 3.29. The summed E-state index contributed by atoms with van der Waals surface area (Å²) in [4.78, 5) is 11.1. The highest BCUT2D eigenvalue weighted by Crippen LogP contribution is 2.21. The third-order valence-corrected chi connectivity index (χ3v) is 2.56. The maximum atomic E-state index is 11.1. The predicted molar refractivity (Wildman–Crippen MR) is 69.0 cm³/mol. The molecule has 2 rings (SSSR count). The van der Waals surface area contributed by atoms with Gasteiger partial charge in [0.2, 0.25) is 0 Å². The molecule has 0 saturated heterocycles. The lowest BCUT2D eigenvalue weighted by Crippen LogP contribution is -1.95. The van der Waals surface area contributed by atoms with Crippen molar-refractivity contribution in [1.29, 1.82) is 0 Å². The van der Waals surface area contributed by atoms with Gasteiger partial charge >= 0.3 is 0 Å². The molecule has 0 fully saturated rings. The Kier molecular flexibility index (Phi) is 3.77. The van der Waals surface area contributed by atoms with Gasteiger partial charge in [0.05, 0.1) is 12.4 Å². The van der Waals surface area contributed by atoms with Crippen molar-refractivity contribution in [3.05, 3.63) is 42.2 Å². The SMILES string of the molecule is CCCn1cc(Oc2ccc(C(C)=O)cc2)cn1. The average Bonchev–Trinajstić information content (AvgIpc) is 2.78. The van der Waals surface area contributed by atoms with E-state index in [1.54, 1.807) is 37.4 Å². The first kappa shape index (κ1) is 12.4. The molecular weight excluding hydrogens is 228 g/mol. The van der Waals surface area contributed by atoms with Gasteiger partial charge in [0.25, 0.3) is 0 Å². The van der Waals surface area contributed by atoms with Crippen molar-refractivity contribution in [2.45, 2.75) is 26.8 Å². The van der Waals surface area contributed by atoms with Crippen LogP contribution in [0, 0.1) is 0 Å². The lowest BCUT2D eigenvalue weighted by atomic mass is 10.1. The quantitative estimate of drug-likeness (QED) is 0.758. The highest BCUT2D eigenvalue weighted by Gasteiger charge is 2.02. The Morgan fingerprint density at radius 1 is 1.28 bits per heavy atom. The number of rotatable bonds is 5. The van der Waals surface area contributed by atoms with E-state index in [0.29, 0.717) is 17.1 Å². The molecule has 94 valence electrons. The Hall–Kier alpha value is -2.10. The molecule has 0 aliphatic rings. The second kappa shape index (κ2) is 5.49. The molecule has 1 aromatic heterocycles. The molecule has 0 bridgehead atoms. The highest BCUT2D eigenvalue weighted by molar-refractivity contribution is 5.94. The fourth-order valence-corrected chi connectivity index (χ4v) is 1.64. The Bertz CT molecular complexity index is 529. The van der Waals surface area contributed by atoms with Crippen LogP contribution in [0.5, 0.6) is 11.5 Å². The van der Waals surface area contributed by atoms with Gasteiger partial charge < -0.3 is 4.74 Å². The summed E-state index contributed by atoms with van der Waals surface area (Å²) in [5, 5.41) is 4.19. The first-order chi connectivity index (χ1) is 8.69. The Labute approximate surface area is 106 Å². The number of carbonyl (C=O) groups is 1. The van der Waals surface area contributed by atoms with Crippen LogP contribution >= 0.6 is 0 Å². The zero-order valence-corrected chi connectivity index (χ0v) is 10.6. The molecule has 0 spiro atoms. The van der Waals surface area contributed by atoms with E-state index in [1.807, 2.05) is 10.9 Å². The molecule has 0 radical (unpaired) electrons. The second-order valence-electron chi connectivity index (χ2n) is 4.12. The van der Waals surface area contributed by atoms with Gasteiger partial charge in [-0.25, -0.2) is 0 Å². The molecule has 0 atom stereocenters. The number of nitrogens with zero attached hydrogens (tertiary/aromatic N) is 2. The number of carbonyl (C=O) groups excluding carboxylic acids is 1. The molecule has 1 aromatic carbocycles. The van der Waals surface area contributed by atoms with Gasteiger partial charge in [-0.2, -0.15) is 5.10 Å². The molecule has 0 aliphatic heterocycles. The lowest BCUT2D eigenvalue weighted by Gasteiger charge is -2.03. The molecule has 0 amide bonds. The topological polar surface area (TPSA) is 44.1 Å². The number of ether oxygens (including phenoxy) is 1. The standard InChI is InChI=1S/C14H16N2O2/c1-3-8-16-10-14(9-15-16)18-13-6-4-12(5-7-13)11(2)17/h4-7,9-10H,3,8H2,1-2H3. The number of hydrogen-bond donors (Lipinski definition) is 0. The van der Waals surface area contributed by atoms with Crippen molar-refractivity contribution in [3.8, 4) is 11.5 Å². The van der Waals surface area contributed by atoms with Crippen LogP contribution in [-0.2, 0) is 6.54 Å². The minimum absolute atomic E-state index is 0.0531. The van der Waals surface area contributed by atoms with Crippen molar-refractivity contribution in [3.63, 3.8) is 0 Å². The van der Waals surface area contributed by atoms with Crippen LogP contribution in [0.3, 0.4) is 0 Å². The zero-order chi connectivity index (χ0) is 13.0. The maximum absolute atomic E-state index is 11.1. The summed E-state index contributed by atoms with van der Waals surface area (Å²) in [6.07, 6.45) is 4.59. The molecule has 0 aliphatic carbocycles. The number of aromatic nitrogens is 2. The number of aryl methyl sites for hydroxylation is 1. The first-order valence-electron chi connectivity index (χ1n) is 6.00.